The zero-order valence-corrected chi connectivity index (χ0v) is 11.6. The van der Waals surface area contributed by atoms with Crippen LogP contribution >= 0.6 is 15.9 Å². The third-order valence-electron chi connectivity index (χ3n) is 2.48. The molecule has 1 heterocycles. The molecule has 4 nitrogen and oxygen atoms in total. The lowest BCUT2D eigenvalue weighted by molar-refractivity contribution is 0.471. The van der Waals surface area contributed by atoms with E-state index in [0.29, 0.717) is 11.0 Å². The Morgan fingerprint density at radius 3 is 2.83 bits per heavy atom. The van der Waals surface area contributed by atoms with Gasteiger partial charge in [-0.05, 0) is 46.6 Å². The van der Waals surface area contributed by atoms with Crippen LogP contribution in [0, 0.1) is 6.92 Å². The monoisotopic (exact) mass is 307 g/mol. The number of benzene rings is 1. The molecule has 0 aliphatic heterocycles. The van der Waals surface area contributed by atoms with Crippen LogP contribution in [0.3, 0.4) is 0 Å². The van der Waals surface area contributed by atoms with Crippen molar-refractivity contribution in [2.45, 2.75) is 20.0 Å². The minimum atomic E-state index is 0.255. The normalized spacial score (nSPS) is 10.6. The summed E-state index contributed by atoms with van der Waals surface area (Å²) in [5.74, 6) is 1.03. The van der Waals surface area contributed by atoms with Gasteiger partial charge in [-0.3, -0.25) is 0 Å². The summed E-state index contributed by atoms with van der Waals surface area (Å²) >= 11 is 3.29. The number of halogens is 1. The summed E-state index contributed by atoms with van der Waals surface area (Å²) in [4.78, 5) is 8.37. The molecule has 0 aliphatic carbocycles. The Kier molecular flexibility index (Phi) is 4.28. The van der Waals surface area contributed by atoms with Crippen molar-refractivity contribution in [1.82, 2.24) is 15.3 Å². The lowest BCUT2D eigenvalue weighted by Crippen LogP contribution is -2.14. The van der Waals surface area contributed by atoms with Gasteiger partial charge in [0.1, 0.15) is 11.6 Å². The molecule has 2 aromatic rings. The summed E-state index contributed by atoms with van der Waals surface area (Å²) in [6, 6.07) is 7.36. The average Bonchev–Trinajstić information content (AvgIpc) is 2.34. The van der Waals surface area contributed by atoms with Crippen molar-refractivity contribution in [3.05, 3.63) is 52.0 Å². The molecule has 0 bridgehead atoms. The standard InChI is InChI=1S/C13H14BrN3O/c1-9-16-5-4-11(17-9)8-15-7-10-2-3-13(18)12(14)6-10/h2-6,15,18H,7-8H2,1H3. The largest absolute Gasteiger partial charge is 0.507 e. The second-order valence-corrected chi connectivity index (χ2v) is 4.84. The summed E-state index contributed by atoms with van der Waals surface area (Å²) in [5.41, 5.74) is 2.07. The SMILES string of the molecule is Cc1nccc(CNCc2ccc(O)c(Br)c2)n1. The summed E-state index contributed by atoms with van der Waals surface area (Å²) in [6.07, 6.45) is 1.76. The fourth-order valence-electron chi connectivity index (χ4n) is 1.60. The van der Waals surface area contributed by atoms with Gasteiger partial charge >= 0.3 is 0 Å². The van der Waals surface area contributed by atoms with Crippen molar-refractivity contribution in [1.29, 1.82) is 0 Å². The lowest BCUT2D eigenvalue weighted by Gasteiger charge is -2.06. The van der Waals surface area contributed by atoms with Crippen molar-refractivity contribution >= 4 is 15.9 Å². The summed E-state index contributed by atoms with van der Waals surface area (Å²) < 4.78 is 0.708. The van der Waals surface area contributed by atoms with Crippen molar-refractivity contribution < 1.29 is 5.11 Å². The summed E-state index contributed by atoms with van der Waals surface area (Å²) in [5, 5.41) is 12.7. The zero-order valence-electron chi connectivity index (χ0n) is 10.0. The first-order chi connectivity index (χ1) is 8.65. The molecule has 0 amide bonds. The fourth-order valence-corrected chi connectivity index (χ4v) is 2.03. The van der Waals surface area contributed by atoms with Gasteiger partial charge in [0.25, 0.3) is 0 Å². The van der Waals surface area contributed by atoms with E-state index in [2.05, 4.69) is 31.2 Å². The predicted molar refractivity (Wildman–Crippen MR) is 73.1 cm³/mol. The third kappa shape index (κ3) is 3.51. The molecule has 0 fully saturated rings. The van der Waals surface area contributed by atoms with Crippen LogP contribution < -0.4 is 5.32 Å². The van der Waals surface area contributed by atoms with Crippen LogP contribution in [0.1, 0.15) is 17.1 Å². The quantitative estimate of drug-likeness (QED) is 0.911. The Morgan fingerprint density at radius 1 is 1.28 bits per heavy atom. The van der Waals surface area contributed by atoms with Gasteiger partial charge < -0.3 is 10.4 Å². The van der Waals surface area contributed by atoms with Crippen LogP contribution in [0.15, 0.2) is 34.9 Å². The molecule has 0 saturated heterocycles. The summed E-state index contributed by atoms with van der Waals surface area (Å²) in [6.45, 7) is 3.30. The highest BCUT2D eigenvalue weighted by molar-refractivity contribution is 9.10. The molecule has 1 aromatic carbocycles. The molecule has 0 spiro atoms. The highest BCUT2D eigenvalue weighted by Crippen LogP contribution is 2.24. The molecule has 0 radical (unpaired) electrons. The summed E-state index contributed by atoms with van der Waals surface area (Å²) in [7, 11) is 0. The molecular formula is C13H14BrN3O. The second kappa shape index (κ2) is 5.93. The van der Waals surface area contributed by atoms with E-state index in [1.54, 1.807) is 12.3 Å². The third-order valence-corrected chi connectivity index (χ3v) is 3.12. The maximum Gasteiger partial charge on any atom is 0.129 e. The van der Waals surface area contributed by atoms with Crippen LogP contribution in [0.25, 0.3) is 0 Å². The van der Waals surface area contributed by atoms with E-state index in [1.165, 1.54) is 0 Å². The smallest absolute Gasteiger partial charge is 0.129 e. The maximum atomic E-state index is 9.39. The van der Waals surface area contributed by atoms with Crippen LogP contribution in [0.5, 0.6) is 5.75 Å². The van der Waals surface area contributed by atoms with E-state index in [4.69, 9.17) is 0 Å². The first-order valence-electron chi connectivity index (χ1n) is 5.62. The van der Waals surface area contributed by atoms with Crippen LogP contribution in [0.2, 0.25) is 0 Å². The highest BCUT2D eigenvalue weighted by Gasteiger charge is 2.00. The van der Waals surface area contributed by atoms with Gasteiger partial charge in [0.15, 0.2) is 0 Å². The number of nitrogens with one attached hydrogen (secondary N) is 1. The van der Waals surface area contributed by atoms with Crippen LogP contribution in [-0.4, -0.2) is 15.1 Å². The zero-order chi connectivity index (χ0) is 13.0. The molecule has 0 saturated carbocycles. The number of hydrogen-bond acceptors (Lipinski definition) is 4. The van der Waals surface area contributed by atoms with Crippen molar-refractivity contribution in [2.75, 3.05) is 0 Å². The molecule has 0 aliphatic rings. The fraction of sp³-hybridized carbons (Fsp3) is 0.231. The Hall–Kier alpha value is -1.46. The van der Waals surface area contributed by atoms with Gasteiger partial charge in [-0.1, -0.05) is 6.07 Å². The van der Waals surface area contributed by atoms with Gasteiger partial charge in [0.2, 0.25) is 0 Å². The first-order valence-corrected chi connectivity index (χ1v) is 6.41. The van der Waals surface area contributed by atoms with Gasteiger partial charge in [-0.2, -0.15) is 0 Å². The Labute approximate surface area is 114 Å². The van der Waals surface area contributed by atoms with Crippen molar-refractivity contribution in [2.24, 2.45) is 0 Å². The number of hydrogen-bond donors (Lipinski definition) is 2. The number of rotatable bonds is 4. The van der Waals surface area contributed by atoms with E-state index in [-0.39, 0.29) is 5.75 Å². The van der Waals surface area contributed by atoms with Gasteiger partial charge in [-0.15, -0.1) is 0 Å². The number of phenols is 1. The van der Waals surface area contributed by atoms with E-state index in [0.717, 1.165) is 23.6 Å². The number of phenolic OH excluding ortho intramolecular Hbond substituents is 1. The van der Waals surface area contributed by atoms with Gasteiger partial charge in [0, 0.05) is 19.3 Å². The first kappa shape index (κ1) is 13.0. The second-order valence-electron chi connectivity index (χ2n) is 3.98. The van der Waals surface area contributed by atoms with Crippen molar-refractivity contribution in [3.63, 3.8) is 0 Å². The highest BCUT2D eigenvalue weighted by atomic mass is 79.9. The predicted octanol–water partition coefficient (Wildman–Crippen LogP) is 2.54. The van der Waals surface area contributed by atoms with Crippen LogP contribution in [-0.2, 0) is 13.1 Å². The molecule has 0 atom stereocenters. The Bertz CT molecular complexity index is 546. The molecule has 2 N–H and O–H groups in total. The molecule has 94 valence electrons. The molecular weight excluding hydrogens is 294 g/mol. The number of aromatic hydroxyl groups is 1. The van der Waals surface area contributed by atoms with E-state index in [1.807, 2.05) is 25.1 Å². The number of aryl methyl sites for hydroxylation is 1. The Balaban J connectivity index is 1.90. The van der Waals surface area contributed by atoms with Gasteiger partial charge in [0.05, 0.1) is 10.2 Å². The average molecular weight is 308 g/mol. The minimum Gasteiger partial charge on any atom is -0.507 e. The van der Waals surface area contributed by atoms with Crippen molar-refractivity contribution in [3.8, 4) is 5.75 Å². The molecule has 0 unspecified atom stereocenters. The van der Waals surface area contributed by atoms with E-state index in [9.17, 15) is 5.11 Å². The van der Waals surface area contributed by atoms with E-state index < -0.39 is 0 Å². The van der Waals surface area contributed by atoms with Gasteiger partial charge in [-0.25, -0.2) is 9.97 Å². The molecule has 1 aromatic heterocycles. The molecule has 5 heteroatoms. The topological polar surface area (TPSA) is 58.0 Å². The van der Waals surface area contributed by atoms with E-state index >= 15 is 0 Å². The molecule has 2 rings (SSSR count). The lowest BCUT2D eigenvalue weighted by atomic mass is 10.2. The van der Waals surface area contributed by atoms with Crippen LogP contribution in [0.4, 0.5) is 0 Å². The minimum absolute atomic E-state index is 0.255. The molecule has 18 heavy (non-hydrogen) atoms. The number of nitrogens with zero attached hydrogens (tertiary/aromatic N) is 2. The maximum absolute atomic E-state index is 9.39. The Morgan fingerprint density at radius 2 is 2.11 bits per heavy atom. The number of aromatic nitrogens is 2.